The number of phosphoric acid groups is 1. The van der Waals surface area contributed by atoms with E-state index in [1.807, 2.05) is 69.8 Å². The van der Waals surface area contributed by atoms with Crippen LogP contribution in [0.25, 0.3) is 0 Å². The van der Waals surface area contributed by atoms with Crippen molar-refractivity contribution in [1.29, 1.82) is 0 Å². The molecule has 10 heteroatoms. The highest BCUT2D eigenvalue weighted by Crippen LogP contribution is 2.43. The van der Waals surface area contributed by atoms with E-state index >= 15 is 0 Å². The summed E-state index contributed by atoms with van der Waals surface area (Å²) < 4.78 is 34.0. The molecule has 2 atom stereocenters. The Morgan fingerprint density at radius 1 is 0.660 bits per heavy atom. The first kappa shape index (κ1) is 47.4. The minimum absolute atomic E-state index is 0.0120. The summed E-state index contributed by atoms with van der Waals surface area (Å²) >= 11 is 0. The number of quaternary nitrogens is 1. The Labute approximate surface area is 304 Å². The van der Waals surface area contributed by atoms with Crippen LogP contribution in [0.3, 0.4) is 0 Å². The maximum absolute atomic E-state index is 12.6. The molecule has 2 unspecified atom stereocenters. The Hall–Kier alpha value is -2.55. The molecule has 0 saturated heterocycles. The van der Waals surface area contributed by atoms with E-state index in [0.717, 1.165) is 38.5 Å². The fourth-order valence-electron chi connectivity index (χ4n) is 4.37. The number of ether oxygens (including phenoxy) is 2. The number of likely N-dealkylation sites (N-methyl/N-ethyl adjacent to an activating group) is 1. The van der Waals surface area contributed by atoms with Crippen LogP contribution in [0.15, 0.2) is 72.9 Å². The molecule has 0 aliphatic carbocycles. The Kier molecular flexibility index (Phi) is 30.7. The van der Waals surface area contributed by atoms with Gasteiger partial charge < -0.3 is 18.9 Å². The molecular formula is C40H69NO8P+. The van der Waals surface area contributed by atoms with Gasteiger partial charge in [-0.25, -0.2) is 4.57 Å². The Balaban J connectivity index is 4.63. The van der Waals surface area contributed by atoms with Gasteiger partial charge in [0.15, 0.2) is 6.10 Å². The predicted molar refractivity (Wildman–Crippen MR) is 206 cm³/mol. The molecule has 0 bridgehead atoms. The summed E-state index contributed by atoms with van der Waals surface area (Å²) in [6.45, 7) is 4.11. The average Bonchev–Trinajstić information content (AvgIpc) is 3.06. The summed E-state index contributed by atoms with van der Waals surface area (Å²) in [5.41, 5.74) is 0. The number of hydrogen-bond acceptors (Lipinski definition) is 7. The second kappa shape index (κ2) is 32.4. The Morgan fingerprint density at radius 2 is 1.26 bits per heavy atom. The number of unbranched alkanes of at least 4 members (excludes halogenated alkanes) is 9. The summed E-state index contributed by atoms with van der Waals surface area (Å²) in [6, 6.07) is 0. The number of rotatable bonds is 32. The van der Waals surface area contributed by atoms with Crippen molar-refractivity contribution in [2.24, 2.45) is 0 Å². The van der Waals surface area contributed by atoms with Gasteiger partial charge in [-0.3, -0.25) is 18.6 Å². The lowest BCUT2D eigenvalue weighted by Gasteiger charge is -2.24. The van der Waals surface area contributed by atoms with Crippen molar-refractivity contribution in [2.75, 3.05) is 47.5 Å². The Bertz CT molecular complexity index is 1090. The maximum Gasteiger partial charge on any atom is 0.472 e. The van der Waals surface area contributed by atoms with Gasteiger partial charge in [0, 0.05) is 12.8 Å². The minimum atomic E-state index is -4.39. The maximum atomic E-state index is 12.6. The van der Waals surface area contributed by atoms with Crippen molar-refractivity contribution in [2.45, 2.75) is 123 Å². The van der Waals surface area contributed by atoms with E-state index in [0.29, 0.717) is 23.9 Å². The molecule has 0 spiro atoms. The van der Waals surface area contributed by atoms with Crippen LogP contribution in [-0.4, -0.2) is 74.9 Å². The smallest absolute Gasteiger partial charge is 0.462 e. The molecule has 9 nitrogen and oxygen atoms in total. The van der Waals surface area contributed by atoms with E-state index in [4.69, 9.17) is 18.5 Å². The van der Waals surface area contributed by atoms with Crippen molar-refractivity contribution in [3.8, 4) is 0 Å². The number of carbonyl (C=O) groups is 2. The normalized spacial score (nSPS) is 14.6. The van der Waals surface area contributed by atoms with Gasteiger partial charge in [0.1, 0.15) is 19.8 Å². The lowest BCUT2D eigenvalue weighted by atomic mass is 10.1. The molecule has 1 N–H and O–H groups in total. The molecule has 0 radical (unpaired) electrons. The van der Waals surface area contributed by atoms with Crippen LogP contribution in [0.2, 0.25) is 0 Å². The number of carbonyl (C=O) groups excluding carboxylic acids is 2. The topological polar surface area (TPSA) is 108 Å². The molecular weight excluding hydrogens is 653 g/mol. The predicted octanol–water partition coefficient (Wildman–Crippen LogP) is 9.90. The van der Waals surface area contributed by atoms with Crippen molar-refractivity contribution >= 4 is 19.8 Å². The molecule has 50 heavy (non-hydrogen) atoms. The fourth-order valence-corrected chi connectivity index (χ4v) is 5.11. The van der Waals surface area contributed by atoms with Crippen LogP contribution in [0, 0.1) is 0 Å². The van der Waals surface area contributed by atoms with E-state index in [1.165, 1.54) is 38.5 Å². The van der Waals surface area contributed by atoms with Crippen LogP contribution < -0.4 is 0 Å². The largest absolute Gasteiger partial charge is 0.472 e. The van der Waals surface area contributed by atoms with Gasteiger partial charge in [-0.15, -0.1) is 0 Å². The van der Waals surface area contributed by atoms with Gasteiger partial charge in [-0.1, -0.05) is 125 Å². The molecule has 0 aliphatic rings. The van der Waals surface area contributed by atoms with Crippen LogP contribution in [0.5, 0.6) is 0 Å². The van der Waals surface area contributed by atoms with Crippen LogP contribution in [0.1, 0.15) is 117 Å². The van der Waals surface area contributed by atoms with Crippen molar-refractivity contribution in [1.82, 2.24) is 0 Å². The highest BCUT2D eigenvalue weighted by Gasteiger charge is 2.27. The van der Waals surface area contributed by atoms with Gasteiger partial charge in [0.2, 0.25) is 0 Å². The SMILES string of the molecule is CC/C=C/C=C/C=C/C=C/CCCCCC(=O)OCC(COP(=O)(O)OCC[N+](C)(C)C)OC(=O)CC/C=C/C/C=C/CCCCCCCC. The number of phosphoric ester groups is 1. The van der Waals surface area contributed by atoms with Crippen molar-refractivity contribution in [3.05, 3.63) is 72.9 Å². The van der Waals surface area contributed by atoms with E-state index in [-0.39, 0.29) is 26.1 Å². The van der Waals surface area contributed by atoms with E-state index in [1.54, 1.807) is 0 Å². The highest BCUT2D eigenvalue weighted by atomic mass is 31.2. The van der Waals surface area contributed by atoms with Gasteiger partial charge in [-0.2, -0.15) is 0 Å². The minimum Gasteiger partial charge on any atom is -0.462 e. The third-order valence-electron chi connectivity index (χ3n) is 7.33. The lowest BCUT2D eigenvalue weighted by molar-refractivity contribution is -0.870. The molecule has 0 aromatic rings. The first-order valence-corrected chi connectivity index (χ1v) is 20.2. The first-order valence-electron chi connectivity index (χ1n) is 18.7. The molecule has 0 rings (SSSR count). The number of esters is 2. The second-order valence-electron chi connectivity index (χ2n) is 13.3. The average molecular weight is 723 g/mol. The van der Waals surface area contributed by atoms with Crippen molar-refractivity contribution < 1.29 is 42.1 Å². The van der Waals surface area contributed by atoms with Gasteiger partial charge in [0.05, 0.1) is 27.7 Å². The lowest BCUT2D eigenvalue weighted by Crippen LogP contribution is -2.37. The van der Waals surface area contributed by atoms with Gasteiger partial charge in [0.25, 0.3) is 0 Å². The first-order chi connectivity index (χ1) is 24.0. The van der Waals surface area contributed by atoms with Gasteiger partial charge in [-0.05, 0) is 51.4 Å². The quantitative estimate of drug-likeness (QED) is 0.0183. The molecule has 0 aromatic heterocycles. The van der Waals surface area contributed by atoms with Crippen LogP contribution >= 0.6 is 7.82 Å². The zero-order chi connectivity index (χ0) is 37.2. The van der Waals surface area contributed by atoms with E-state index in [2.05, 4.69) is 38.2 Å². The van der Waals surface area contributed by atoms with Crippen LogP contribution in [-0.2, 0) is 32.7 Å². The van der Waals surface area contributed by atoms with Gasteiger partial charge >= 0.3 is 19.8 Å². The number of hydrogen-bond donors (Lipinski definition) is 1. The standard InChI is InChI=1S/C40H68NO8P/c1-6-8-10-12-14-16-18-20-22-24-26-28-30-32-39(42)46-36-38(37-48-50(44,45)47-35-34-41(3,4)5)49-40(43)33-31-29-27-25-23-21-19-17-15-13-11-9-7-2/h8,10,12,14,16,18,20-23,27,29,38H,6-7,9,11,13,15,17,19,24-26,28,30-37H2,1-5H3/p+1/b10-8+,14-12+,18-16+,22-20+,23-21+,29-27+. The van der Waals surface area contributed by atoms with Crippen LogP contribution in [0.4, 0.5) is 0 Å². The Morgan fingerprint density at radius 3 is 1.94 bits per heavy atom. The summed E-state index contributed by atoms with van der Waals surface area (Å²) in [7, 11) is 1.41. The zero-order valence-corrected chi connectivity index (χ0v) is 32.7. The third-order valence-corrected chi connectivity index (χ3v) is 8.31. The number of nitrogens with zero attached hydrogens (tertiary/aromatic N) is 1. The molecule has 0 aromatic carbocycles. The highest BCUT2D eigenvalue weighted by molar-refractivity contribution is 7.47. The summed E-state index contributed by atoms with van der Waals surface area (Å²) in [5.74, 6) is -0.934. The van der Waals surface area contributed by atoms with Crippen molar-refractivity contribution in [3.63, 3.8) is 0 Å². The summed E-state index contributed by atoms with van der Waals surface area (Å²) in [6.07, 6.45) is 38.3. The zero-order valence-electron chi connectivity index (χ0n) is 31.8. The molecule has 286 valence electrons. The summed E-state index contributed by atoms with van der Waals surface area (Å²) in [4.78, 5) is 35.1. The number of allylic oxidation sites excluding steroid dienone is 12. The molecule has 0 aliphatic heterocycles. The second-order valence-corrected chi connectivity index (χ2v) is 14.8. The van der Waals surface area contributed by atoms with E-state index < -0.39 is 32.5 Å². The molecule has 0 fully saturated rings. The fraction of sp³-hybridized carbons (Fsp3) is 0.650. The monoisotopic (exact) mass is 722 g/mol. The molecule has 0 heterocycles. The molecule has 0 amide bonds. The third kappa shape index (κ3) is 35.3. The van der Waals surface area contributed by atoms with E-state index in [9.17, 15) is 19.0 Å². The molecule has 0 saturated carbocycles. The summed E-state index contributed by atoms with van der Waals surface area (Å²) in [5, 5.41) is 0.